The highest BCUT2D eigenvalue weighted by Gasteiger charge is 2.32. The van der Waals surface area contributed by atoms with Gasteiger partial charge in [-0.3, -0.25) is 4.79 Å². The average Bonchev–Trinajstić information content (AvgIpc) is 3.00. The molecule has 1 amide bonds. The highest BCUT2D eigenvalue weighted by molar-refractivity contribution is 9.10. The standard InChI is InChI=1S/C11H15BrN2O2/c12-8-5-10(13-6-8)11(16)14-9(3-4-15)7-1-2-7/h5-7,9,13,15H,1-4H2,(H,14,16). The highest BCUT2D eigenvalue weighted by Crippen LogP contribution is 2.34. The fourth-order valence-corrected chi connectivity index (χ4v) is 2.15. The molecule has 5 heteroatoms. The van der Waals surface area contributed by atoms with Crippen molar-refractivity contribution in [1.29, 1.82) is 0 Å². The van der Waals surface area contributed by atoms with Crippen molar-refractivity contribution in [3.8, 4) is 0 Å². The maximum atomic E-state index is 11.8. The Hall–Kier alpha value is -0.810. The molecule has 4 nitrogen and oxygen atoms in total. The monoisotopic (exact) mass is 286 g/mol. The maximum absolute atomic E-state index is 11.8. The summed E-state index contributed by atoms with van der Waals surface area (Å²) in [6.45, 7) is 0.121. The van der Waals surface area contributed by atoms with Gasteiger partial charge in [-0.2, -0.15) is 0 Å². The molecule has 0 aromatic carbocycles. The molecule has 16 heavy (non-hydrogen) atoms. The Morgan fingerprint density at radius 3 is 2.94 bits per heavy atom. The van der Waals surface area contributed by atoms with E-state index in [1.807, 2.05) is 0 Å². The average molecular weight is 287 g/mol. The van der Waals surface area contributed by atoms with Crippen molar-refractivity contribution >= 4 is 21.8 Å². The summed E-state index contributed by atoms with van der Waals surface area (Å²) in [6, 6.07) is 1.86. The number of nitrogens with one attached hydrogen (secondary N) is 2. The molecular weight excluding hydrogens is 272 g/mol. The number of hydrogen-bond donors (Lipinski definition) is 3. The first-order chi connectivity index (χ1) is 7.70. The minimum absolute atomic E-state index is 0.101. The summed E-state index contributed by atoms with van der Waals surface area (Å²) < 4.78 is 0.864. The van der Waals surface area contributed by atoms with Crippen molar-refractivity contribution < 1.29 is 9.90 Å². The van der Waals surface area contributed by atoms with Crippen LogP contribution in [-0.4, -0.2) is 28.6 Å². The Morgan fingerprint density at radius 1 is 1.69 bits per heavy atom. The van der Waals surface area contributed by atoms with E-state index in [9.17, 15) is 4.79 Å². The first kappa shape index (κ1) is 11.7. The summed E-state index contributed by atoms with van der Waals surface area (Å²) in [5, 5.41) is 11.9. The van der Waals surface area contributed by atoms with Gasteiger partial charge < -0.3 is 15.4 Å². The van der Waals surface area contributed by atoms with Crippen LogP contribution in [0.1, 0.15) is 29.8 Å². The van der Waals surface area contributed by atoms with Gasteiger partial charge in [-0.25, -0.2) is 0 Å². The van der Waals surface area contributed by atoms with Crippen molar-refractivity contribution in [1.82, 2.24) is 10.3 Å². The molecule has 0 radical (unpaired) electrons. The number of rotatable bonds is 5. The molecule has 0 saturated heterocycles. The predicted octanol–water partition coefficient (Wildman–Crippen LogP) is 1.67. The Bertz CT molecular complexity index is 374. The number of halogens is 1. The summed E-state index contributed by atoms with van der Waals surface area (Å²) in [4.78, 5) is 14.7. The number of aromatic amines is 1. The van der Waals surface area contributed by atoms with Crippen molar-refractivity contribution in [2.24, 2.45) is 5.92 Å². The summed E-state index contributed by atoms with van der Waals surface area (Å²) >= 11 is 3.29. The van der Waals surface area contributed by atoms with Crippen LogP contribution in [-0.2, 0) is 0 Å². The van der Waals surface area contributed by atoms with E-state index in [1.54, 1.807) is 12.3 Å². The lowest BCUT2D eigenvalue weighted by molar-refractivity contribution is 0.0920. The molecule has 1 fully saturated rings. The summed E-state index contributed by atoms with van der Waals surface area (Å²) in [5.74, 6) is 0.450. The number of hydrogen-bond acceptors (Lipinski definition) is 2. The summed E-state index contributed by atoms with van der Waals surface area (Å²) in [7, 11) is 0. The van der Waals surface area contributed by atoms with Gasteiger partial charge in [-0.1, -0.05) is 0 Å². The van der Waals surface area contributed by atoms with E-state index < -0.39 is 0 Å². The van der Waals surface area contributed by atoms with Crippen LogP contribution in [0.4, 0.5) is 0 Å². The molecule has 0 spiro atoms. The maximum Gasteiger partial charge on any atom is 0.267 e. The number of carbonyl (C=O) groups is 1. The molecule has 1 aromatic rings. The number of amides is 1. The Balaban J connectivity index is 1.94. The third-order valence-corrected chi connectivity index (χ3v) is 3.30. The Labute approximate surface area is 103 Å². The number of aliphatic hydroxyl groups excluding tert-OH is 1. The normalized spacial score (nSPS) is 17.1. The smallest absolute Gasteiger partial charge is 0.267 e. The Kier molecular flexibility index (Phi) is 3.66. The summed E-state index contributed by atoms with van der Waals surface area (Å²) in [5.41, 5.74) is 0.551. The first-order valence-electron chi connectivity index (χ1n) is 5.46. The van der Waals surface area contributed by atoms with Crippen LogP contribution in [0.15, 0.2) is 16.7 Å². The third kappa shape index (κ3) is 2.86. The number of H-pyrrole nitrogens is 1. The van der Waals surface area contributed by atoms with Crippen molar-refractivity contribution in [2.75, 3.05) is 6.61 Å². The lowest BCUT2D eigenvalue weighted by Crippen LogP contribution is -2.37. The van der Waals surface area contributed by atoms with Gasteiger partial charge in [0.2, 0.25) is 0 Å². The van der Waals surface area contributed by atoms with E-state index in [4.69, 9.17) is 5.11 Å². The minimum Gasteiger partial charge on any atom is -0.396 e. The van der Waals surface area contributed by atoms with E-state index in [0.29, 0.717) is 18.0 Å². The second-order valence-electron chi connectivity index (χ2n) is 4.16. The molecule has 2 rings (SSSR count). The molecular formula is C11H15BrN2O2. The lowest BCUT2D eigenvalue weighted by atomic mass is 10.1. The van der Waals surface area contributed by atoms with Crippen LogP contribution in [0.5, 0.6) is 0 Å². The van der Waals surface area contributed by atoms with Gasteiger partial charge in [-0.15, -0.1) is 0 Å². The van der Waals surface area contributed by atoms with Crippen LogP contribution >= 0.6 is 15.9 Å². The molecule has 1 heterocycles. The van der Waals surface area contributed by atoms with Gasteiger partial charge in [0.1, 0.15) is 5.69 Å². The van der Waals surface area contributed by atoms with E-state index in [2.05, 4.69) is 26.2 Å². The molecule has 1 unspecified atom stereocenters. The van der Waals surface area contributed by atoms with Crippen LogP contribution in [0.3, 0.4) is 0 Å². The molecule has 1 aliphatic carbocycles. The lowest BCUT2D eigenvalue weighted by Gasteiger charge is -2.16. The van der Waals surface area contributed by atoms with Gasteiger partial charge >= 0.3 is 0 Å². The molecule has 1 saturated carbocycles. The molecule has 1 aromatic heterocycles. The minimum atomic E-state index is -0.101. The molecule has 0 aliphatic heterocycles. The van der Waals surface area contributed by atoms with E-state index in [0.717, 1.165) is 17.3 Å². The van der Waals surface area contributed by atoms with Crippen LogP contribution in [0.2, 0.25) is 0 Å². The van der Waals surface area contributed by atoms with Gasteiger partial charge in [0.25, 0.3) is 5.91 Å². The molecule has 3 N–H and O–H groups in total. The quantitative estimate of drug-likeness (QED) is 0.771. The predicted molar refractivity (Wildman–Crippen MR) is 64.2 cm³/mol. The first-order valence-corrected chi connectivity index (χ1v) is 6.25. The fraction of sp³-hybridized carbons (Fsp3) is 0.545. The topological polar surface area (TPSA) is 65.1 Å². The largest absolute Gasteiger partial charge is 0.396 e. The molecule has 1 aliphatic rings. The van der Waals surface area contributed by atoms with E-state index in [1.165, 1.54) is 0 Å². The second kappa shape index (κ2) is 5.01. The SMILES string of the molecule is O=C(NC(CCO)C1CC1)c1cc(Br)c[nH]1. The van der Waals surface area contributed by atoms with Gasteiger partial charge in [-0.05, 0) is 47.2 Å². The second-order valence-corrected chi connectivity index (χ2v) is 5.08. The van der Waals surface area contributed by atoms with Crippen molar-refractivity contribution in [3.63, 3.8) is 0 Å². The van der Waals surface area contributed by atoms with Gasteiger partial charge in [0.15, 0.2) is 0 Å². The number of aromatic nitrogens is 1. The van der Waals surface area contributed by atoms with Gasteiger partial charge in [0.05, 0.1) is 0 Å². The van der Waals surface area contributed by atoms with Gasteiger partial charge in [0, 0.05) is 23.3 Å². The summed E-state index contributed by atoms with van der Waals surface area (Å²) in [6.07, 6.45) is 4.67. The Morgan fingerprint density at radius 2 is 2.44 bits per heavy atom. The van der Waals surface area contributed by atoms with Crippen LogP contribution in [0.25, 0.3) is 0 Å². The van der Waals surface area contributed by atoms with Crippen molar-refractivity contribution in [2.45, 2.75) is 25.3 Å². The molecule has 1 atom stereocenters. The fourth-order valence-electron chi connectivity index (χ4n) is 1.81. The van der Waals surface area contributed by atoms with E-state index in [-0.39, 0.29) is 18.6 Å². The molecule has 0 bridgehead atoms. The molecule has 88 valence electrons. The van der Waals surface area contributed by atoms with Crippen LogP contribution in [0, 0.1) is 5.92 Å². The number of carbonyl (C=O) groups excluding carboxylic acids is 1. The van der Waals surface area contributed by atoms with Crippen molar-refractivity contribution in [3.05, 3.63) is 22.4 Å². The van der Waals surface area contributed by atoms with E-state index >= 15 is 0 Å². The number of aliphatic hydroxyl groups is 1. The van der Waals surface area contributed by atoms with Crippen LogP contribution < -0.4 is 5.32 Å². The third-order valence-electron chi connectivity index (χ3n) is 2.84. The highest BCUT2D eigenvalue weighted by atomic mass is 79.9. The zero-order chi connectivity index (χ0) is 11.5. The zero-order valence-corrected chi connectivity index (χ0v) is 10.5. The zero-order valence-electron chi connectivity index (χ0n) is 8.87.